The van der Waals surface area contributed by atoms with Crippen molar-refractivity contribution in [2.24, 2.45) is 5.41 Å². The minimum Gasteiger partial charge on any atom is -0.475 e. The largest absolute Gasteiger partial charge is 0.490 e. The quantitative estimate of drug-likeness (QED) is 0.522. The van der Waals surface area contributed by atoms with E-state index in [1.54, 1.807) is 0 Å². The van der Waals surface area contributed by atoms with E-state index in [1.807, 2.05) is 23.6 Å². The van der Waals surface area contributed by atoms with Crippen molar-refractivity contribution in [3.8, 4) is 0 Å². The number of pyridine rings is 1. The number of carboxylic acids is 2. The highest BCUT2D eigenvalue weighted by atomic mass is 32.1. The lowest BCUT2D eigenvalue weighted by Crippen LogP contribution is -2.40. The van der Waals surface area contributed by atoms with Crippen LogP contribution < -0.4 is 4.90 Å². The summed E-state index contributed by atoms with van der Waals surface area (Å²) in [6.45, 7) is 9.22. The molecule has 0 radical (unpaired) electrons. The van der Waals surface area contributed by atoms with Gasteiger partial charge in [-0.15, -0.1) is 11.3 Å². The van der Waals surface area contributed by atoms with E-state index in [0.29, 0.717) is 0 Å². The number of halogens is 6. The molecule has 2 saturated heterocycles. The van der Waals surface area contributed by atoms with Gasteiger partial charge in [0.1, 0.15) is 5.82 Å². The molecule has 2 aliphatic rings. The summed E-state index contributed by atoms with van der Waals surface area (Å²) in [6.07, 6.45) is -7.10. The van der Waals surface area contributed by atoms with E-state index in [2.05, 4.69) is 46.0 Å². The monoisotopic (exact) mass is 571 g/mol. The first kappa shape index (κ1) is 31.3. The molecule has 8 nitrogen and oxygen atoms in total. The molecule has 212 valence electrons. The number of alkyl halides is 6. The molecule has 15 heteroatoms. The van der Waals surface area contributed by atoms with Gasteiger partial charge < -0.3 is 19.8 Å². The van der Waals surface area contributed by atoms with Crippen molar-refractivity contribution in [3.05, 3.63) is 46.3 Å². The Kier molecular flexibility index (Phi) is 10.9. The van der Waals surface area contributed by atoms with Crippen LogP contribution in [-0.2, 0) is 20.9 Å². The van der Waals surface area contributed by atoms with Crippen molar-refractivity contribution in [2.45, 2.75) is 32.2 Å². The number of aryl methyl sites for hydroxylation is 1. The van der Waals surface area contributed by atoms with E-state index >= 15 is 0 Å². The van der Waals surface area contributed by atoms with Gasteiger partial charge in [-0.05, 0) is 37.6 Å². The molecule has 0 amide bonds. The number of rotatable bonds is 3. The van der Waals surface area contributed by atoms with Gasteiger partial charge in [-0.1, -0.05) is 6.07 Å². The first-order chi connectivity index (χ1) is 17.6. The van der Waals surface area contributed by atoms with E-state index in [0.717, 1.165) is 51.8 Å². The Morgan fingerprint density at radius 1 is 1.03 bits per heavy atom. The van der Waals surface area contributed by atoms with E-state index in [4.69, 9.17) is 24.5 Å². The molecule has 4 heterocycles. The number of nitrogens with zero attached hydrogens (tertiary/aromatic N) is 3. The number of carboxylic acid groups (broad SMARTS) is 2. The van der Waals surface area contributed by atoms with E-state index < -0.39 is 24.3 Å². The minimum absolute atomic E-state index is 0.236. The molecule has 0 aliphatic carbocycles. The third-order valence-corrected chi connectivity index (χ3v) is 6.58. The van der Waals surface area contributed by atoms with Crippen LogP contribution in [0.5, 0.6) is 0 Å². The van der Waals surface area contributed by atoms with Crippen LogP contribution in [-0.4, -0.2) is 83.8 Å². The fourth-order valence-electron chi connectivity index (χ4n) is 3.93. The van der Waals surface area contributed by atoms with Crippen LogP contribution in [0.2, 0.25) is 0 Å². The lowest BCUT2D eigenvalue weighted by molar-refractivity contribution is -0.193. The zero-order valence-electron chi connectivity index (χ0n) is 20.3. The second-order valence-corrected chi connectivity index (χ2v) is 10.1. The standard InChI is InChI=1S/C19H25N3OS.2C2HF3O2/c1-16-5-6-17(24-16)12-21-10-11-23-15-19(13-21)7-9-22(14-19)18-4-2-3-8-20-18;2*3-2(4,5)1(6)7/h2-6,8H,7,9-15H2,1H3;2*(H,6,7). The number of aliphatic carboxylic acids is 2. The number of hydrogen-bond donors (Lipinski definition) is 2. The predicted octanol–water partition coefficient (Wildman–Crippen LogP) is 4.45. The highest BCUT2D eigenvalue weighted by Crippen LogP contribution is 2.36. The van der Waals surface area contributed by atoms with Crippen molar-refractivity contribution in [1.82, 2.24) is 9.88 Å². The molecule has 1 unspecified atom stereocenters. The highest BCUT2D eigenvalue weighted by molar-refractivity contribution is 7.11. The summed E-state index contributed by atoms with van der Waals surface area (Å²) >= 11 is 1.91. The second kappa shape index (κ2) is 13.2. The fourth-order valence-corrected chi connectivity index (χ4v) is 4.86. The van der Waals surface area contributed by atoms with Gasteiger partial charge in [0.2, 0.25) is 0 Å². The lowest BCUT2D eigenvalue weighted by Gasteiger charge is -2.31. The second-order valence-electron chi connectivity index (χ2n) is 8.74. The minimum atomic E-state index is -5.08. The molecular formula is C23H27F6N3O5S. The summed E-state index contributed by atoms with van der Waals surface area (Å²) in [7, 11) is 0. The van der Waals surface area contributed by atoms with Gasteiger partial charge in [0.15, 0.2) is 0 Å². The maximum absolute atomic E-state index is 10.6. The Balaban J connectivity index is 0.000000301. The first-order valence-electron chi connectivity index (χ1n) is 11.2. The topological polar surface area (TPSA) is 103 Å². The number of anilines is 1. The molecule has 2 aromatic rings. The van der Waals surface area contributed by atoms with Crippen LogP contribution in [0.15, 0.2) is 36.5 Å². The molecule has 1 spiro atoms. The van der Waals surface area contributed by atoms with Crippen molar-refractivity contribution in [3.63, 3.8) is 0 Å². The molecular weight excluding hydrogens is 544 g/mol. The average Bonchev–Trinajstić information content (AvgIpc) is 3.37. The first-order valence-corrected chi connectivity index (χ1v) is 12.0. The molecule has 38 heavy (non-hydrogen) atoms. The third-order valence-electron chi connectivity index (χ3n) is 5.59. The normalized spacial score (nSPS) is 20.1. The Bertz CT molecular complexity index is 1030. The average molecular weight is 572 g/mol. The van der Waals surface area contributed by atoms with Crippen LogP contribution in [0.3, 0.4) is 0 Å². The van der Waals surface area contributed by atoms with Gasteiger partial charge in [-0.2, -0.15) is 26.3 Å². The molecule has 2 fully saturated rings. The Labute approximate surface area is 218 Å². The van der Waals surface area contributed by atoms with E-state index in [-0.39, 0.29) is 5.41 Å². The van der Waals surface area contributed by atoms with Crippen molar-refractivity contribution in [1.29, 1.82) is 0 Å². The summed E-state index contributed by atoms with van der Waals surface area (Å²) in [5.41, 5.74) is 0.236. The molecule has 4 rings (SSSR count). The highest BCUT2D eigenvalue weighted by Gasteiger charge is 2.42. The Hall–Kier alpha value is -2.91. The summed E-state index contributed by atoms with van der Waals surface area (Å²) in [5, 5.41) is 14.2. The predicted molar refractivity (Wildman–Crippen MR) is 126 cm³/mol. The van der Waals surface area contributed by atoms with Gasteiger partial charge in [-0.3, -0.25) is 4.90 Å². The zero-order chi connectivity index (χ0) is 28.6. The molecule has 2 N–H and O–H groups in total. The smallest absolute Gasteiger partial charge is 0.475 e. The van der Waals surface area contributed by atoms with Crippen molar-refractivity contribution in [2.75, 3.05) is 44.3 Å². The Morgan fingerprint density at radius 2 is 1.66 bits per heavy atom. The number of carbonyl (C=O) groups is 2. The summed E-state index contributed by atoms with van der Waals surface area (Å²) < 4.78 is 69.5. The molecule has 0 saturated carbocycles. The molecule has 0 bridgehead atoms. The van der Waals surface area contributed by atoms with Crippen molar-refractivity contribution < 1.29 is 50.9 Å². The van der Waals surface area contributed by atoms with E-state index in [1.165, 1.54) is 16.2 Å². The van der Waals surface area contributed by atoms with Crippen LogP contribution in [0, 0.1) is 12.3 Å². The number of aromatic nitrogens is 1. The Morgan fingerprint density at radius 3 is 2.16 bits per heavy atom. The van der Waals surface area contributed by atoms with Crippen LogP contribution >= 0.6 is 11.3 Å². The molecule has 1 atom stereocenters. The molecule has 0 aromatic carbocycles. The number of ether oxygens (including phenoxy) is 1. The fraction of sp³-hybridized carbons (Fsp3) is 0.522. The number of thiophene rings is 1. The van der Waals surface area contributed by atoms with Gasteiger partial charge in [-0.25, -0.2) is 14.6 Å². The SMILES string of the molecule is Cc1ccc(CN2CCOCC3(CCN(c4ccccn4)C3)C2)s1.O=C(O)C(F)(F)F.O=C(O)C(F)(F)F. The van der Waals surface area contributed by atoms with Crippen LogP contribution in [0.4, 0.5) is 32.2 Å². The molecule has 2 aromatic heterocycles. The van der Waals surface area contributed by atoms with Gasteiger partial charge in [0, 0.05) is 54.1 Å². The third kappa shape index (κ3) is 10.1. The lowest BCUT2D eigenvalue weighted by atomic mass is 9.87. The van der Waals surface area contributed by atoms with E-state index in [9.17, 15) is 26.3 Å². The van der Waals surface area contributed by atoms with Gasteiger partial charge >= 0.3 is 24.3 Å². The van der Waals surface area contributed by atoms with Crippen molar-refractivity contribution >= 4 is 29.1 Å². The summed E-state index contributed by atoms with van der Waals surface area (Å²) in [6, 6.07) is 10.7. The van der Waals surface area contributed by atoms with Gasteiger partial charge in [0.05, 0.1) is 13.2 Å². The summed E-state index contributed by atoms with van der Waals surface area (Å²) in [4.78, 5) is 30.2. The zero-order valence-corrected chi connectivity index (χ0v) is 21.1. The number of hydrogen-bond acceptors (Lipinski definition) is 7. The maximum Gasteiger partial charge on any atom is 0.490 e. The van der Waals surface area contributed by atoms with Crippen LogP contribution in [0.1, 0.15) is 16.2 Å². The molecule has 2 aliphatic heterocycles. The van der Waals surface area contributed by atoms with Gasteiger partial charge in [0.25, 0.3) is 0 Å². The maximum atomic E-state index is 10.6. The van der Waals surface area contributed by atoms with Crippen LogP contribution in [0.25, 0.3) is 0 Å². The summed E-state index contributed by atoms with van der Waals surface area (Å²) in [5.74, 6) is -4.42.